The Balaban J connectivity index is 1.94. The molecular formula is C15H26N2O. The molecule has 0 fully saturated rings. The highest BCUT2D eigenvalue weighted by Crippen LogP contribution is 2.16. The van der Waals surface area contributed by atoms with Crippen molar-refractivity contribution in [2.45, 2.75) is 58.3 Å². The first-order valence-corrected chi connectivity index (χ1v) is 7.18. The third kappa shape index (κ3) is 6.48. The number of nitrogens with zero attached hydrogens (tertiary/aromatic N) is 1. The zero-order valence-electron chi connectivity index (χ0n) is 11.5. The van der Waals surface area contributed by atoms with Gasteiger partial charge in [-0.3, -0.25) is 0 Å². The Hall–Kier alpha value is -1.25. The van der Waals surface area contributed by atoms with E-state index in [1.807, 2.05) is 12.1 Å². The van der Waals surface area contributed by atoms with Crippen LogP contribution in [0.25, 0.3) is 0 Å². The van der Waals surface area contributed by atoms with Gasteiger partial charge in [0.2, 0.25) is 5.88 Å². The van der Waals surface area contributed by atoms with Gasteiger partial charge in [-0.25, -0.2) is 4.98 Å². The molecule has 0 saturated heterocycles. The van der Waals surface area contributed by atoms with Gasteiger partial charge in [-0.05, 0) is 18.6 Å². The quantitative estimate of drug-likeness (QED) is 0.634. The second-order valence-corrected chi connectivity index (χ2v) is 4.72. The van der Waals surface area contributed by atoms with E-state index in [0.717, 1.165) is 13.0 Å². The van der Waals surface area contributed by atoms with Crippen molar-refractivity contribution >= 4 is 5.69 Å². The molecule has 0 aliphatic heterocycles. The minimum atomic E-state index is 0.570. The molecule has 18 heavy (non-hydrogen) atoms. The van der Waals surface area contributed by atoms with E-state index in [1.165, 1.54) is 44.9 Å². The van der Waals surface area contributed by atoms with Crippen molar-refractivity contribution in [1.82, 2.24) is 4.98 Å². The number of pyridine rings is 1. The number of aromatic nitrogens is 1. The maximum absolute atomic E-state index is 5.74. The number of anilines is 1. The van der Waals surface area contributed by atoms with Crippen molar-refractivity contribution in [3.8, 4) is 5.88 Å². The Kier molecular flexibility index (Phi) is 8.02. The lowest BCUT2D eigenvalue weighted by Crippen LogP contribution is -2.01. The molecule has 1 rings (SSSR count). The second-order valence-electron chi connectivity index (χ2n) is 4.72. The monoisotopic (exact) mass is 250 g/mol. The summed E-state index contributed by atoms with van der Waals surface area (Å²) in [4.78, 5) is 4.10. The normalized spacial score (nSPS) is 10.5. The summed E-state index contributed by atoms with van der Waals surface area (Å²) in [5, 5.41) is 0. The molecule has 0 radical (unpaired) electrons. The van der Waals surface area contributed by atoms with Gasteiger partial charge in [-0.2, -0.15) is 0 Å². The first-order valence-electron chi connectivity index (χ1n) is 7.18. The Labute approximate surface area is 111 Å². The molecule has 0 aliphatic rings. The van der Waals surface area contributed by atoms with Crippen LogP contribution in [0.4, 0.5) is 5.69 Å². The fraction of sp³-hybridized carbons (Fsp3) is 0.667. The summed E-state index contributed by atoms with van der Waals surface area (Å²) in [6.07, 6.45) is 12.2. The van der Waals surface area contributed by atoms with E-state index in [0.29, 0.717) is 11.6 Å². The van der Waals surface area contributed by atoms with Crippen LogP contribution >= 0.6 is 0 Å². The lowest BCUT2D eigenvalue weighted by molar-refractivity contribution is 0.295. The highest BCUT2D eigenvalue weighted by molar-refractivity contribution is 5.46. The molecule has 0 saturated carbocycles. The first kappa shape index (κ1) is 14.8. The predicted molar refractivity (Wildman–Crippen MR) is 76.8 cm³/mol. The molecule has 0 spiro atoms. The molecule has 2 N–H and O–H groups in total. The summed E-state index contributed by atoms with van der Waals surface area (Å²) in [6.45, 7) is 2.97. The lowest BCUT2D eigenvalue weighted by Gasteiger charge is -2.07. The first-order chi connectivity index (χ1) is 8.84. The van der Waals surface area contributed by atoms with Gasteiger partial charge in [0.15, 0.2) is 0 Å². The van der Waals surface area contributed by atoms with Crippen LogP contribution in [-0.2, 0) is 0 Å². The van der Waals surface area contributed by atoms with Gasteiger partial charge < -0.3 is 10.5 Å². The molecule has 1 aromatic heterocycles. The van der Waals surface area contributed by atoms with Gasteiger partial charge in [0, 0.05) is 6.20 Å². The standard InChI is InChI=1S/C15H26N2O/c1-2-3-4-5-6-7-8-9-13-18-15-14(16)11-10-12-17-15/h10-12H,2-9,13,16H2,1H3. The summed E-state index contributed by atoms with van der Waals surface area (Å²) in [7, 11) is 0. The second kappa shape index (κ2) is 9.75. The highest BCUT2D eigenvalue weighted by Gasteiger charge is 1.99. The van der Waals surface area contributed by atoms with E-state index in [-0.39, 0.29) is 0 Å². The zero-order valence-corrected chi connectivity index (χ0v) is 11.5. The van der Waals surface area contributed by atoms with Gasteiger partial charge in [0.25, 0.3) is 0 Å². The maximum Gasteiger partial charge on any atom is 0.237 e. The van der Waals surface area contributed by atoms with Gasteiger partial charge in [-0.15, -0.1) is 0 Å². The molecule has 0 aromatic carbocycles. The Morgan fingerprint density at radius 2 is 1.72 bits per heavy atom. The van der Waals surface area contributed by atoms with Crippen LogP contribution in [0, 0.1) is 0 Å². The van der Waals surface area contributed by atoms with Crippen molar-refractivity contribution in [3.05, 3.63) is 18.3 Å². The molecule has 0 unspecified atom stereocenters. The maximum atomic E-state index is 5.74. The Morgan fingerprint density at radius 3 is 2.39 bits per heavy atom. The summed E-state index contributed by atoms with van der Waals surface area (Å²) in [6, 6.07) is 3.63. The minimum absolute atomic E-state index is 0.570. The van der Waals surface area contributed by atoms with Crippen LogP contribution in [-0.4, -0.2) is 11.6 Å². The van der Waals surface area contributed by atoms with E-state index in [1.54, 1.807) is 6.20 Å². The summed E-state index contributed by atoms with van der Waals surface area (Å²) in [5.74, 6) is 0.570. The Morgan fingerprint density at radius 1 is 1.06 bits per heavy atom. The number of ether oxygens (including phenoxy) is 1. The summed E-state index contributed by atoms with van der Waals surface area (Å²) >= 11 is 0. The minimum Gasteiger partial charge on any atom is -0.476 e. The number of nitrogen functional groups attached to an aromatic ring is 1. The molecule has 1 aromatic rings. The van der Waals surface area contributed by atoms with Crippen molar-refractivity contribution in [3.63, 3.8) is 0 Å². The fourth-order valence-electron chi connectivity index (χ4n) is 1.93. The van der Waals surface area contributed by atoms with E-state index >= 15 is 0 Å². The van der Waals surface area contributed by atoms with Crippen molar-refractivity contribution in [2.75, 3.05) is 12.3 Å². The largest absolute Gasteiger partial charge is 0.476 e. The van der Waals surface area contributed by atoms with E-state index in [9.17, 15) is 0 Å². The van der Waals surface area contributed by atoms with Crippen molar-refractivity contribution in [1.29, 1.82) is 0 Å². The number of nitrogens with two attached hydrogens (primary N) is 1. The number of rotatable bonds is 10. The van der Waals surface area contributed by atoms with Gasteiger partial charge in [0.1, 0.15) is 0 Å². The lowest BCUT2D eigenvalue weighted by atomic mass is 10.1. The SMILES string of the molecule is CCCCCCCCCCOc1ncccc1N. The van der Waals surface area contributed by atoms with Gasteiger partial charge >= 0.3 is 0 Å². The number of hydrogen-bond donors (Lipinski definition) is 1. The zero-order chi connectivity index (χ0) is 13.1. The predicted octanol–water partition coefficient (Wildman–Crippen LogP) is 4.18. The van der Waals surface area contributed by atoms with Crippen LogP contribution in [0.15, 0.2) is 18.3 Å². The molecule has 3 nitrogen and oxygen atoms in total. The van der Waals surface area contributed by atoms with Gasteiger partial charge in [0.05, 0.1) is 12.3 Å². The summed E-state index contributed by atoms with van der Waals surface area (Å²) in [5.41, 5.74) is 6.36. The van der Waals surface area contributed by atoms with Crippen LogP contribution in [0.1, 0.15) is 58.3 Å². The van der Waals surface area contributed by atoms with E-state index in [4.69, 9.17) is 10.5 Å². The molecule has 0 atom stereocenters. The van der Waals surface area contributed by atoms with Crippen LogP contribution in [0.5, 0.6) is 5.88 Å². The molecule has 0 bridgehead atoms. The molecule has 0 amide bonds. The van der Waals surface area contributed by atoms with Crippen molar-refractivity contribution < 1.29 is 4.74 Å². The molecular weight excluding hydrogens is 224 g/mol. The fourth-order valence-corrected chi connectivity index (χ4v) is 1.93. The number of unbranched alkanes of at least 4 members (excludes halogenated alkanes) is 7. The summed E-state index contributed by atoms with van der Waals surface area (Å²) < 4.78 is 5.55. The third-order valence-electron chi connectivity index (χ3n) is 3.04. The molecule has 1 heterocycles. The van der Waals surface area contributed by atoms with E-state index in [2.05, 4.69) is 11.9 Å². The van der Waals surface area contributed by atoms with E-state index < -0.39 is 0 Å². The smallest absolute Gasteiger partial charge is 0.237 e. The van der Waals surface area contributed by atoms with Gasteiger partial charge in [-0.1, -0.05) is 51.9 Å². The molecule has 0 aliphatic carbocycles. The molecule has 102 valence electrons. The number of hydrogen-bond acceptors (Lipinski definition) is 3. The van der Waals surface area contributed by atoms with Crippen LogP contribution in [0.2, 0.25) is 0 Å². The topological polar surface area (TPSA) is 48.1 Å². The molecule has 3 heteroatoms. The van der Waals surface area contributed by atoms with Crippen LogP contribution < -0.4 is 10.5 Å². The third-order valence-corrected chi connectivity index (χ3v) is 3.04. The average molecular weight is 250 g/mol. The van der Waals surface area contributed by atoms with Crippen molar-refractivity contribution in [2.24, 2.45) is 0 Å². The van der Waals surface area contributed by atoms with Crippen LogP contribution in [0.3, 0.4) is 0 Å². The average Bonchev–Trinajstić information content (AvgIpc) is 2.39. The Bertz CT molecular complexity index is 315. The highest BCUT2D eigenvalue weighted by atomic mass is 16.5.